The molecule has 0 fully saturated rings. The molecule has 1 heterocycles. The Morgan fingerprint density at radius 3 is 2.36 bits per heavy atom. The lowest BCUT2D eigenvalue weighted by Crippen LogP contribution is -2.31. The second-order valence-electron chi connectivity index (χ2n) is 6.33. The molecule has 0 aliphatic rings. The molecule has 0 atom stereocenters. The van der Waals surface area contributed by atoms with Gasteiger partial charge in [-0.15, -0.1) is 0 Å². The molecule has 6 heteroatoms. The second kappa shape index (κ2) is 8.89. The summed E-state index contributed by atoms with van der Waals surface area (Å²) in [5, 5.41) is 0. The van der Waals surface area contributed by atoms with Gasteiger partial charge in [0.05, 0.1) is 18.0 Å². The van der Waals surface area contributed by atoms with Crippen molar-refractivity contribution in [1.29, 1.82) is 0 Å². The summed E-state index contributed by atoms with van der Waals surface area (Å²) in [5.74, 6) is 1.50. The van der Waals surface area contributed by atoms with Gasteiger partial charge in [-0.25, -0.2) is 8.42 Å². The quantitative estimate of drug-likeness (QED) is 0.549. The van der Waals surface area contributed by atoms with Crippen molar-refractivity contribution in [2.75, 3.05) is 10.1 Å². The van der Waals surface area contributed by atoms with Crippen LogP contribution in [0.5, 0.6) is 11.5 Å². The summed E-state index contributed by atoms with van der Waals surface area (Å²) in [6.45, 7) is 3.96. The maximum absolute atomic E-state index is 12.6. The minimum Gasteiger partial charge on any atom is -0.457 e. The molecule has 0 amide bonds. The van der Waals surface area contributed by atoms with Crippen molar-refractivity contribution >= 4 is 15.7 Å². The number of nitrogens with zero attached hydrogens (tertiary/aromatic N) is 2. The number of para-hydroxylation sites is 1. The summed E-state index contributed by atoms with van der Waals surface area (Å²) in [6, 6.07) is 18.7. The number of rotatable bonds is 8. The molecule has 2 aromatic carbocycles. The minimum atomic E-state index is -3.43. The van der Waals surface area contributed by atoms with E-state index in [0.717, 1.165) is 23.3 Å². The first-order valence-electron chi connectivity index (χ1n) is 9.28. The van der Waals surface area contributed by atoms with Crippen LogP contribution in [0.3, 0.4) is 0 Å². The second-order valence-corrected chi connectivity index (χ2v) is 8.51. The lowest BCUT2D eigenvalue weighted by molar-refractivity contribution is 0.477. The average molecular weight is 397 g/mol. The van der Waals surface area contributed by atoms with E-state index in [4.69, 9.17) is 4.74 Å². The Bertz CT molecular complexity index is 1000. The zero-order valence-electron chi connectivity index (χ0n) is 16.1. The van der Waals surface area contributed by atoms with Gasteiger partial charge in [0, 0.05) is 12.4 Å². The number of anilines is 1. The van der Waals surface area contributed by atoms with Gasteiger partial charge in [-0.3, -0.25) is 9.29 Å². The van der Waals surface area contributed by atoms with E-state index >= 15 is 0 Å². The van der Waals surface area contributed by atoms with Crippen molar-refractivity contribution in [2.24, 2.45) is 0 Å². The molecule has 0 saturated heterocycles. The normalized spacial score (nSPS) is 11.2. The first-order valence-corrected chi connectivity index (χ1v) is 10.9. The number of hydrogen-bond acceptors (Lipinski definition) is 4. The number of hydrogen-bond donors (Lipinski definition) is 0. The molecule has 0 saturated carbocycles. The van der Waals surface area contributed by atoms with Gasteiger partial charge in [-0.2, -0.15) is 0 Å². The molecule has 0 aliphatic carbocycles. The molecular formula is C22H24N2O3S. The molecule has 0 spiro atoms. The van der Waals surface area contributed by atoms with Gasteiger partial charge in [0.15, 0.2) is 0 Å². The molecule has 3 aromatic rings. The van der Waals surface area contributed by atoms with E-state index in [9.17, 15) is 8.42 Å². The van der Waals surface area contributed by atoms with Gasteiger partial charge in [0.2, 0.25) is 10.0 Å². The predicted molar refractivity (Wildman–Crippen MR) is 112 cm³/mol. The number of ether oxygens (including phenoxy) is 1. The summed E-state index contributed by atoms with van der Waals surface area (Å²) in [6.07, 6.45) is 4.22. The van der Waals surface area contributed by atoms with E-state index in [1.54, 1.807) is 49.6 Å². The molecule has 0 unspecified atom stereocenters. The van der Waals surface area contributed by atoms with Gasteiger partial charge >= 0.3 is 0 Å². The van der Waals surface area contributed by atoms with Crippen molar-refractivity contribution in [1.82, 2.24) is 4.98 Å². The van der Waals surface area contributed by atoms with Crippen LogP contribution in [-0.2, 0) is 23.0 Å². The first-order chi connectivity index (χ1) is 13.5. The van der Waals surface area contributed by atoms with Crippen molar-refractivity contribution in [3.05, 3.63) is 84.2 Å². The predicted octanol–water partition coefficient (Wildman–Crippen LogP) is 4.79. The van der Waals surface area contributed by atoms with Gasteiger partial charge in [0.25, 0.3) is 0 Å². The van der Waals surface area contributed by atoms with Gasteiger partial charge in [0.1, 0.15) is 11.5 Å². The number of aromatic nitrogens is 1. The van der Waals surface area contributed by atoms with E-state index in [1.165, 1.54) is 4.31 Å². The third kappa shape index (κ3) is 4.70. The van der Waals surface area contributed by atoms with Crippen LogP contribution >= 0.6 is 0 Å². The molecule has 0 aliphatic heterocycles. The van der Waals surface area contributed by atoms with Gasteiger partial charge in [-0.05, 0) is 60.9 Å². The molecular weight excluding hydrogens is 372 g/mol. The first kappa shape index (κ1) is 19.9. The standard InChI is InChI=1S/C22H24N2O3S/c1-3-19-9-5-6-10-22(19)27-21-13-11-20(12-14-21)24(28(25,26)4-2)17-18-8-7-15-23-16-18/h5-16H,3-4,17H2,1-2H3. The molecule has 0 N–H and O–H groups in total. The topological polar surface area (TPSA) is 59.5 Å². The van der Waals surface area contributed by atoms with Crippen molar-refractivity contribution in [2.45, 2.75) is 26.8 Å². The minimum absolute atomic E-state index is 0.0232. The summed E-state index contributed by atoms with van der Waals surface area (Å²) in [7, 11) is -3.43. The molecule has 5 nitrogen and oxygen atoms in total. The molecule has 0 bridgehead atoms. The fourth-order valence-electron chi connectivity index (χ4n) is 2.87. The largest absolute Gasteiger partial charge is 0.457 e. The molecule has 1 aromatic heterocycles. The Kier molecular flexibility index (Phi) is 6.31. The SMILES string of the molecule is CCc1ccccc1Oc1ccc(N(Cc2cccnc2)S(=O)(=O)CC)cc1. The fraction of sp³-hybridized carbons (Fsp3) is 0.227. The number of aryl methyl sites for hydroxylation is 1. The molecule has 28 heavy (non-hydrogen) atoms. The average Bonchev–Trinajstić information content (AvgIpc) is 2.74. The number of benzene rings is 2. The monoisotopic (exact) mass is 396 g/mol. The van der Waals surface area contributed by atoms with Crippen LogP contribution in [0, 0.1) is 0 Å². The van der Waals surface area contributed by atoms with E-state index in [1.807, 2.05) is 30.3 Å². The fourth-order valence-corrected chi connectivity index (χ4v) is 3.97. The Morgan fingerprint density at radius 2 is 1.71 bits per heavy atom. The zero-order valence-corrected chi connectivity index (χ0v) is 16.9. The maximum Gasteiger partial charge on any atom is 0.235 e. The summed E-state index contributed by atoms with van der Waals surface area (Å²) >= 11 is 0. The third-order valence-corrected chi connectivity index (χ3v) is 6.20. The lowest BCUT2D eigenvalue weighted by atomic mass is 10.1. The van der Waals surface area contributed by atoms with Crippen LogP contribution in [-0.4, -0.2) is 19.2 Å². The summed E-state index contributed by atoms with van der Waals surface area (Å²) < 4.78 is 32.7. The van der Waals surface area contributed by atoms with E-state index in [-0.39, 0.29) is 12.3 Å². The molecule has 3 rings (SSSR count). The highest BCUT2D eigenvalue weighted by Gasteiger charge is 2.21. The summed E-state index contributed by atoms with van der Waals surface area (Å²) in [4.78, 5) is 4.08. The zero-order chi connectivity index (χ0) is 20.0. The molecule has 146 valence electrons. The maximum atomic E-state index is 12.6. The third-order valence-electron chi connectivity index (χ3n) is 4.46. The Hall–Kier alpha value is -2.86. The highest BCUT2D eigenvalue weighted by Crippen LogP contribution is 2.29. The highest BCUT2D eigenvalue weighted by atomic mass is 32.2. The van der Waals surface area contributed by atoms with Crippen LogP contribution in [0.15, 0.2) is 73.1 Å². The molecule has 0 radical (unpaired) electrons. The highest BCUT2D eigenvalue weighted by molar-refractivity contribution is 7.92. The van der Waals surface area contributed by atoms with Gasteiger partial charge in [-0.1, -0.05) is 31.2 Å². The summed E-state index contributed by atoms with van der Waals surface area (Å²) in [5.41, 5.74) is 2.55. The van der Waals surface area contributed by atoms with E-state index < -0.39 is 10.0 Å². The van der Waals surface area contributed by atoms with Crippen LogP contribution < -0.4 is 9.04 Å². The lowest BCUT2D eigenvalue weighted by Gasteiger charge is -2.24. The van der Waals surface area contributed by atoms with Crippen LogP contribution in [0.2, 0.25) is 0 Å². The van der Waals surface area contributed by atoms with E-state index in [2.05, 4.69) is 11.9 Å². The Balaban J connectivity index is 1.86. The van der Waals surface area contributed by atoms with E-state index in [0.29, 0.717) is 11.4 Å². The van der Waals surface area contributed by atoms with Crippen LogP contribution in [0.4, 0.5) is 5.69 Å². The van der Waals surface area contributed by atoms with Gasteiger partial charge < -0.3 is 4.74 Å². The van der Waals surface area contributed by atoms with Crippen LogP contribution in [0.1, 0.15) is 25.0 Å². The Labute approximate surface area is 166 Å². The number of sulfonamides is 1. The van der Waals surface area contributed by atoms with Crippen molar-refractivity contribution in [3.63, 3.8) is 0 Å². The van der Waals surface area contributed by atoms with Crippen molar-refractivity contribution in [3.8, 4) is 11.5 Å². The number of pyridine rings is 1. The van der Waals surface area contributed by atoms with Crippen molar-refractivity contribution < 1.29 is 13.2 Å². The smallest absolute Gasteiger partial charge is 0.235 e. The Morgan fingerprint density at radius 1 is 0.964 bits per heavy atom. The van der Waals surface area contributed by atoms with Crippen LogP contribution in [0.25, 0.3) is 0 Å².